The number of nitrogens with zero attached hydrogens (tertiary/aromatic N) is 3. The minimum absolute atomic E-state index is 0.489. The fraction of sp³-hybridized carbons (Fsp3) is 0.0755. The maximum Gasteiger partial charge on any atom is 0.164 e. The monoisotopic (exact) mass is 761 g/mol. The lowest BCUT2D eigenvalue weighted by Gasteiger charge is -2.33. The Kier molecular flexibility index (Phi) is 7.72. The Morgan fingerprint density at radius 2 is 0.983 bits per heavy atom. The molecule has 5 heteroatoms. The van der Waals surface area contributed by atoms with E-state index in [2.05, 4.69) is 177 Å². The van der Waals surface area contributed by atoms with E-state index < -0.39 is 13.5 Å². The maximum absolute atomic E-state index is 6.36. The highest BCUT2D eigenvalue weighted by molar-refractivity contribution is 6.90. The van der Waals surface area contributed by atoms with Crippen LogP contribution in [0.5, 0.6) is 0 Å². The smallest absolute Gasteiger partial charge is 0.164 e. The molecular formula is C53H39N3OSi. The van der Waals surface area contributed by atoms with Gasteiger partial charge in [0.05, 0.1) is 13.5 Å². The van der Waals surface area contributed by atoms with Crippen LogP contribution in [-0.4, -0.2) is 23.0 Å². The van der Waals surface area contributed by atoms with Gasteiger partial charge in [0, 0.05) is 27.5 Å². The lowest BCUT2D eigenvalue weighted by Crippen LogP contribution is -2.38. The molecule has 11 rings (SSSR count). The van der Waals surface area contributed by atoms with Crippen LogP contribution in [0.2, 0.25) is 19.6 Å². The number of furan rings is 1. The summed E-state index contributed by atoms with van der Waals surface area (Å²) in [5, 5.41) is 5.87. The third-order valence-electron chi connectivity index (χ3n) is 12.0. The van der Waals surface area contributed by atoms with Gasteiger partial charge in [-0.25, -0.2) is 15.0 Å². The molecule has 10 aromatic rings. The van der Waals surface area contributed by atoms with Crippen molar-refractivity contribution in [1.29, 1.82) is 0 Å². The average Bonchev–Trinajstić information content (AvgIpc) is 3.80. The molecular weight excluding hydrogens is 723 g/mol. The second-order valence-corrected chi connectivity index (χ2v) is 21.4. The first kappa shape index (κ1) is 34.3. The molecule has 2 aromatic heterocycles. The number of hydrogen-bond donors (Lipinski definition) is 0. The molecule has 1 aliphatic carbocycles. The maximum atomic E-state index is 6.36. The SMILES string of the molecule is C[Si](C)(C)c1ccc(-c2nc(-c3ccc4c(c3)-c3ccccc3C4(c3ccccc3)c3ccccc3)nc(-c3cccc4oc5ccccc5c34)n2)c2ccccc12. The Bertz CT molecular complexity index is 3180. The van der Waals surface area contributed by atoms with Crippen LogP contribution in [0.4, 0.5) is 0 Å². The van der Waals surface area contributed by atoms with Crippen LogP contribution in [-0.2, 0) is 5.41 Å². The van der Waals surface area contributed by atoms with E-state index in [1.54, 1.807) is 0 Å². The van der Waals surface area contributed by atoms with Gasteiger partial charge in [-0.2, -0.15) is 0 Å². The van der Waals surface area contributed by atoms with Crippen molar-refractivity contribution in [3.05, 3.63) is 204 Å². The van der Waals surface area contributed by atoms with Gasteiger partial charge < -0.3 is 4.42 Å². The second-order valence-electron chi connectivity index (χ2n) is 16.3. The summed E-state index contributed by atoms with van der Waals surface area (Å²) in [5.41, 5.74) is 11.4. The average molecular weight is 762 g/mol. The van der Waals surface area contributed by atoms with Gasteiger partial charge in [-0.3, -0.25) is 0 Å². The Balaban J connectivity index is 1.18. The van der Waals surface area contributed by atoms with Gasteiger partial charge in [0.2, 0.25) is 0 Å². The predicted octanol–water partition coefficient (Wildman–Crippen LogP) is 12.8. The number of hydrogen-bond acceptors (Lipinski definition) is 4. The molecule has 0 saturated heterocycles. The highest BCUT2D eigenvalue weighted by atomic mass is 28.3. The van der Waals surface area contributed by atoms with E-state index in [0.717, 1.165) is 44.0 Å². The topological polar surface area (TPSA) is 51.8 Å². The number of fused-ring (bicyclic) bond motifs is 7. The van der Waals surface area contributed by atoms with Gasteiger partial charge in [-0.05, 0) is 62.4 Å². The molecule has 0 amide bonds. The lowest BCUT2D eigenvalue weighted by atomic mass is 9.67. The summed E-state index contributed by atoms with van der Waals surface area (Å²) in [7, 11) is -1.66. The van der Waals surface area contributed by atoms with Crippen LogP contribution in [0, 0.1) is 0 Å². The van der Waals surface area contributed by atoms with Gasteiger partial charge in [0.15, 0.2) is 17.5 Å². The predicted molar refractivity (Wildman–Crippen MR) is 241 cm³/mol. The highest BCUT2D eigenvalue weighted by Gasteiger charge is 2.46. The second kappa shape index (κ2) is 13.1. The van der Waals surface area contributed by atoms with E-state index in [4.69, 9.17) is 19.4 Å². The minimum Gasteiger partial charge on any atom is -0.456 e. The Labute approximate surface area is 338 Å². The van der Waals surface area contributed by atoms with Gasteiger partial charge in [0.1, 0.15) is 11.2 Å². The summed E-state index contributed by atoms with van der Waals surface area (Å²) in [6, 6.07) is 65.0. The molecule has 0 N–H and O–H groups in total. The molecule has 58 heavy (non-hydrogen) atoms. The molecule has 0 fully saturated rings. The molecule has 0 spiro atoms. The zero-order valence-electron chi connectivity index (χ0n) is 32.6. The molecule has 0 aliphatic heterocycles. The first-order valence-electron chi connectivity index (χ1n) is 19.9. The van der Waals surface area contributed by atoms with Crippen molar-refractivity contribution in [2.45, 2.75) is 25.1 Å². The van der Waals surface area contributed by atoms with Gasteiger partial charge in [-0.1, -0.05) is 189 Å². The lowest BCUT2D eigenvalue weighted by molar-refractivity contribution is 0.669. The van der Waals surface area contributed by atoms with Crippen LogP contribution in [0.15, 0.2) is 186 Å². The van der Waals surface area contributed by atoms with Crippen LogP contribution < -0.4 is 5.19 Å². The Morgan fingerprint density at radius 1 is 0.414 bits per heavy atom. The van der Waals surface area contributed by atoms with Gasteiger partial charge >= 0.3 is 0 Å². The number of aromatic nitrogens is 3. The first-order chi connectivity index (χ1) is 28.4. The zero-order valence-corrected chi connectivity index (χ0v) is 33.6. The van der Waals surface area contributed by atoms with Crippen molar-refractivity contribution in [3.8, 4) is 45.3 Å². The number of rotatable bonds is 6. The third-order valence-corrected chi connectivity index (χ3v) is 14.0. The molecule has 0 atom stereocenters. The highest BCUT2D eigenvalue weighted by Crippen LogP contribution is 2.56. The zero-order chi connectivity index (χ0) is 39.0. The molecule has 1 aliphatic rings. The quantitative estimate of drug-likeness (QED) is 0.158. The summed E-state index contributed by atoms with van der Waals surface area (Å²) < 4.78 is 6.36. The summed E-state index contributed by atoms with van der Waals surface area (Å²) in [4.78, 5) is 16.1. The van der Waals surface area contributed by atoms with Crippen molar-refractivity contribution in [2.24, 2.45) is 0 Å². The Hall–Kier alpha value is -6.95. The normalized spacial score (nSPS) is 13.2. The molecule has 276 valence electrons. The molecule has 0 saturated carbocycles. The van der Waals surface area contributed by atoms with Gasteiger partial charge in [-0.15, -0.1) is 0 Å². The summed E-state index contributed by atoms with van der Waals surface area (Å²) in [6.07, 6.45) is 0. The molecule has 0 bridgehead atoms. The van der Waals surface area contributed by atoms with Crippen molar-refractivity contribution in [3.63, 3.8) is 0 Å². The van der Waals surface area contributed by atoms with E-state index in [1.807, 2.05) is 24.3 Å². The van der Waals surface area contributed by atoms with Crippen molar-refractivity contribution >= 4 is 46.0 Å². The number of para-hydroxylation sites is 1. The standard InChI is InChI=1S/C53H39N3OSi/c1-58(2,3)48-32-30-40(37-21-10-11-23-39(37)48)51-54-50(55-52(56-51)42-25-16-28-47-49(42)41-24-13-15-27-46(41)57-47)34-29-31-45-43(33-34)38-22-12-14-26-44(38)53(45,35-17-6-4-7-18-35)36-19-8-5-9-20-36/h4-33H,1-3H3. The van der Waals surface area contributed by atoms with Crippen molar-refractivity contribution in [2.75, 3.05) is 0 Å². The first-order valence-corrected chi connectivity index (χ1v) is 23.4. The van der Waals surface area contributed by atoms with Crippen LogP contribution in [0.25, 0.3) is 78.0 Å². The largest absolute Gasteiger partial charge is 0.456 e. The minimum atomic E-state index is -1.66. The molecule has 8 aromatic carbocycles. The van der Waals surface area contributed by atoms with Crippen molar-refractivity contribution in [1.82, 2.24) is 15.0 Å². The van der Waals surface area contributed by atoms with Crippen LogP contribution >= 0.6 is 0 Å². The third kappa shape index (κ3) is 5.17. The number of benzene rings is 8. The van der Waals surface area contributed by atoms with E-state index >= 15 is 0 Å². The summed E-state index contributed by atoms with van der Waals surface area (Å²) in [5.74, 6) is 1.88. The summed E-state index contributed by atoms with van der Waals surface area (Å²) in [6.45, 7) is 7.21. The van der Waals surface area contributed by atoms with Crippen molar-refractivity contribution < 1.29 is 4.42 Å². The van der Waals surface area contributed by atoms with E-state index in [1.165, 1.54) is 44.0 Å². The van der Waals surface area contributed by atoms with Crippen LogP contribution in [0.1, 0.15) is 22.3 Å². The Morgan fingerprint density at radius 3 is 1.72 bits per heavy atom. The van der Waals surface area contributed by atoms with E-state index in [0.29, 0.717) is 17.5 Å². The van der Waals surface area contributed by atoms with Gasteiger partial charge in [0.25, 0.3) is 0 Å². The fourth-order valence-corrected chi connectivity index (χ4v) is 11.1. The van der Waals surface area contributed by atoms with E-state index in [9.17, 15) is 0 Å². The van der Waals surface area contributed by atoms with E-state index in [-0.39, 0.29) is 0 Å². The molecule has 0 unspecified atom stereocenters. The molecule has 0 radical (unpaired) electrons. The summed E-state index contributed by atoms with van der Waals surface area (Å²) >= 11 is 0. The fourth-order valence-electron chi connectivity index (χ4n) is 9.44. The molecule has 2 heterocycles. The molecule has 4 nitrogen and oxygen atoms in total. The van der Waals surface area contributed by atoms with Crippen LogP contribution in [0.3, 0.4) is 0 Å².